The Morgan fingerprint density at radius 2 is 1.96 bits per heavy atom. The molecule has 1 N–H and O–H groups in total. The molecule has 0 amide bonds. The third-order valence-corrected chi connectivity index (χ3v) is 4.40. The van der Waals surface area contributed by atoms with Crippen LogP contribution in [0.15, 0.2) is 0 Å². The summed E-state index contributed by atoms with van der Waals surface area (Å²) in [4.78, 5) is 1.94. The second-order valence-corrected chi connectivity index (χ2v) is 5.97. The number of hydrogen-bond donors (Lipinski definition) is 1. The van der Waals surface area contributed by atoms with Crippen molar-refractivity contribution >= 4 is 11.5 Å². The number of aliphatic hydroxyl groups is 1. The molecule has 0 aliphatic carbocycles. The average Bonchev–Trinajstić information content (AvgIpc) is 2.95. The molecule has 1 saturated heterocycles. The summed E-state index contributed by atoms with van der Waals surface area (Å²) in [5.41, 5.74) is 1.54. The number of fused-ring (bicyclic) bond motifs is 1. The van der Waals surface area contributed by atoms with Crippen LogP contribution in [0.5, 0.6) is 0 Å². The van der Waals surface area contributed by atoms with Crippen LogP contribution in [0.4, 0.5) is 19.0 Å². The highest BCUT2D eigenvalue weighted by atomic mass is 19.4. The molecule has 1 fully saturated rings. The van der Waals surface area contributed by atoms with Crippen LogP contribution >= 0.6 is 0 Å². The summed E-state index contributed by atoms with van der Waals surface area (Å²) in [6, 6.07) is 0. The lowest BCUT2D eigenvalue weighted by atomic mass is 9.98. The highest BCUT2D eigenvalue weighted by molar-refractivity contribution is 5.59. The van der Waals surface area contributed by atoms with E-state index in [9.17, 15) is 18.3 Å². The van der Waals surface area contributed by atoms with Crippen LogP contribution in [0.1, 0.15) is 29.8 Å². The summed E-state index contributed by atoms with van der Waals surface area (Å²) in [5, 5.41) is 20.4. The van der Waals surface area contributed by atoms with E-state index in [0.717, 1.165) is 22.9 Å². The number of rotatable bonds is 2. The molecule has 3 heterocycles. The highest BCUT2D eigenvalue weighted by Crippen LogP contribution is 2.31. The van der Waals surface area contributed by atoms with E-state index in [-0.39, 0.29) is 18.2 Å². The molecular formula is C14H18F3N5O. The average molecular weight is 329 g/mol. The van der Waals surface area contributed by atoms with Crippen molar-refractivity contribution in [1.29, 1.82) is 0 Å². The van der Waals surface area contributed by atoms with E-state index < -0.39 is 12.0 Å². The van der Waals surface area contributed by atoms with Gasteiger partial charge >= 0.3 is 6.18 Å². The van der Waals surface area contributed by atoms with Gasteiger partial charge in [-0.3, -0.25) is 0 Å². The predicted molar refractivity (Wildman–Crippen MR) is 77.3 cm³/mol. The number of aliphatic hydroxyl groups excluding tert-OH is 1. The largest absolute Gasteiger partial charge is 0.453 e. The topological polar surface area (TPSA) is 66.5 Å². The van der Waals surface area contributed by atoms with Crippen molar-refractivity contribution in [2.24, 2.45) is 5.92 Å². The van der Waals surface area contributed by atoms with Crippen molar-refractivity contribution in [2.45, 2.75) is 32.9 Å². The van der Waals surface area contributed by atoms with Gasteiger partial charge in [-0.1, -0.05) is 0 Å². The van der Waals surface area contributed by atoms with Gasteiger partial charge in [0.2, 0.25) is 0 Å². The minimum Gasteiger partial charge on any atom is -0.396 e. The van der Waals surface area contributed by atoms with Gasteiger partial charge in [0.1, 0.15) is 0 Å². The Morgan fingerprint density at radius 1 is 1.22 bits per heavy atom. The fraction of sp³-hybridized carbons (Fsp3) is 0.643. The molecule has 3 rings (SSSR count). The van der Waals surface area contributed by atoms with Crippen molar-refractivity contribution in [3.05, 3.63) is 17.0 Å². The molecule has 2 aromatic rings. The summed E-state index contributed by atoms with van der Waals surface area (Å²) in [7, 11) is 0. The monoisotopic (exact) mass is 329 g/mol. The Morgan fingerprint density at radius 3 is 2.61 bits per heavy atom. The van der Waals surface area contributed by atoms with Gasteiger partial charge in [-0.05, 0) is 32.6 Å². The van der Waals surface area contributed by atoms with Crippen LogP contribution < -0.4 is 4.90 Å². The highest BCUT2D eigenvalue weighted by Gasteiger charge is 2.38. The van der Waals surface area contributed by atoms with Crippen molar-refractivity contribution < 1.29 is 18.3 Å². The molecule has 1 unspecified atom stereocenters. The maximum absolute atomic E-state index is 13.1. The van der Waals surface area contributed by atoms with Crippen LogP contribution in [0.3, 0.4) is 0 Å². The Hall–Kier alpha value is -1.90. The number of hydrogen-bond acceptors (Lipinski definition) is 5. The SMILES string of the molecule is Cc1c(N2CCCC(CO)C2)nn2c(C(F)(F)F)nnc2c1C. The second-order valence-electron chi connectivity index (χ2n) is 5.97. The molecule has 0 saturated carbocycles. The van der Waals surface area contributed by atoms with Crippen LogP contribution in [-0.2, 0) is 6.18 Å². The molecule has 9 heteroatoms. The van der Waals surface area contributed by atoms with Gasteiger partial charge in [-0.2, -0.15) is 17.7 Å². The van der Waals surface area contributed by atoms with Crippen molar-refractivity contribution in [2.75, 3.05) is 24.6 Å². The summed E-state index contributed by atoms with van der Waals surface area (Å²) < 4.78 is 40.0. The molecule has 6 nitrogen and oxygen atoms in total. The van der Waals surface area contributed by atoms with Gasteiger partial charge in [0.25, 0.3) is 5.82 Å². The summed E-state index contributed by atoms with van der Waals surface area (Å²) in [6.45, 7) is 4.90. The molecular weight excluding hydrogens is 311 g/mol. The normalized spacial score (nSPS) is 19.6. The van der Waals surface area contributed by atoms with E-state index in [4.69, 9.17) is 0 Å². The van der Waals surface area contributed by atoms with Crippen LogP contribution in [0, 0.1) is 19.8 Å². The molecule has 2 aromatic heterocycles. The molecule has 0 aromatic carbocycles. The first kappa shape index (κ1) is 16.0. The molecule has 1 aliphatic heterocycles. The standard InChI is InChI=1S/C14H18F3N5O/c1-8-9(2)12(21-5-3-4-10(6-21)7-23)20-22-11(8)18-19-13(22)14(15,16)17/h10,23H,3-7H2,1-2H3. The van der Waals surface area contributed by atoms with Crippen molar-refractivity contribution in [1.82, 2.24) is 19.8 Å². The van der Waals surface area contributed by atoms with Crippen molar-refractivity contribution in [3.63, 3.8) is 0 Å². The summed E-state index contributed by atoms with van der Waals surface area (Å²) in [5.74, 6) is -0.505. The first-order valence-corrected chi connectivity index (χ1v) is 7.48. The first-order chi connectivity index (χ1) is 10.8. The molecule has 0 radical (unpaired) electrons. The van der Waals surface area contributed by atoms with E-state index in [1.807, 2.05) is 11.8 Å². The lowest BCUT2D eigenvalue weighted by Crippen LogP contribution is -2.38. The minimum atomic E-state index is -4.61. The quantitative estimate of drug-likeness (QED) is 0.912. The zero-order chi connectivity index (χ0) is 16.8. The van der Waals surface area contributed by atoms with Gasteiger partial charge < -0.3 is 10.0 Å². The van der Waals surface area contributed by atoms with Crippen LogP contribution in [-0.4, -0.2) is 44.6 Å². The Balaban J connectivity index is 2.12. The van der Waals surface area contributed by atoms with Gasteiger partial charge in [-0.15, -0.1) is 15.3 Å². The van der Waals surface area contributed by atoms with Crippen LogP contribution in [0.25, 0.3) is 5.65 Å². The second kappa shape index (κ2) is 5.63. The van der Waals surface area contributed by atoms with E-state index in [1.165, 1.54) is 0 Å². The lowest BCUT2D eigenvalue weighted by molar-refractivity contribution is -0.146. The maximum Gasteiger partial charge on any atom is 0.453 e. The minimum absolute atomic E-state index is 0.0667. The smallest absolute Gasteiger partial charge is 0.396 e. The molecule has 23 heavy (non-hydrogen) atoms. The van der Waals surface area contributed by atoms with Crippen LogP contribution in [0.2, 0.25) is 0 Å². The number of nitrogens with zero attached hydrogens (tertiary/aromatic N) is 5. The van der Waals surface area contributed by atoms with E-state index >= 15 is 0 Å². The van der Waals surface area contributed by atoms with E-state index in [1.54, 1.807) is 6.92 Å². The Kier molecular flexibility index (Phi) is 3.91. The number of aromatic nitrogens is 4. The lowest BCUT2D eigenvalue weighted by Gasteiger charge is -2.33. The fourth-order valence-corrected chi connectivity index (χ4v) is 3.00. The maximum atomic E-state index is 13.1. The number of halogens is 3. The fourth-order valence-electron chi connectivity index (χ4n) is 3.00. The molecule has 1 atom stereocenters. The molecule has 0 bridgehead atoms. The molecule has 126 valence electrons. The van der Waals surface area contributed by atoms with E-state index in [0.29, 0.717) is 24.5 Å². The number of piperidine rings is 1. The van der Waals surface area contributed by atoms with Crippen molar-refractivity contribution in [3.8, 4) is 0 Å². The summed E-state index contributed by atoms with van der Waals surface area (Å²) >= 11 is 0. The van der Waals surface area contributed by atoms with Gasteiger partial charge in [0, 0.05) is 30.8 Å². The summed E-state index contributed by atoms with van der Waals surface area (Å²) in [6.07, 6.45) is -2.83. The Labute approximate surface area is 130 Å². The third-order valence-electron chi connectivity index (χ3n) is 4.40. The van der Waals surface area contributed by atoms with Gasteiger partial charge in [0.15, 0.2) is 11.5 Å². The number of alkyl halides is 3. The third kappa shape index (κ3) is 2.73. The van der Waals surface area contributed by atoms with Gasteiger partial charge in [-0.25, -0.2) is 0 Å². The molecule has 0 spiro atoms. The first-order valence-electron chi connectivity index (χ1n) is 7.48. The van der Waals surface area contributed by atoms with Gasteiger partial charge in [0.05, 0.1) is 0 Å². The predicted octanol–water partition coefficient (Wildman–Crippen LogP) is 1.97. The number of aryl methyl sites for hydroxylation is 1. The zero-order valence-electron chi connectivity index (χ0n) is 12.9. The Bertz CT molecular complexity index is 727. The van der Waals surface area contributed by atoms with E-state index in [2.05, 4.69) is 15.3 Å². The zero-order valence-corrected chi connectivity index (χ0v) is 12.9. The molecule has 1 aliphatic rings. The number of anilines is 1.